The van der Waals surface area contributed by atoms with Gasteiger partial charge >= 0.3 is 5.97 Å². The van der Waals surface area contributed by atoms with Crippen molar-refractivity contribution in [3.8, 4) is 0 Å². The number of nitrogens with zero attached hydrogens (tertiary/aromatic N) is 2. The molecule has 2 unspecified atom stereocenters. The van der Waals surface area contributed by atoms with Crippen molar-refractivity contribution in [2.75, 3.05) is 5.75 Å². The Bertz CT molecular complexity index is 545. The number of carboxylic acid groups (broad SMARTS) is 1. The summed E-state index contributed by atoms with van der Waals surface area (Å²) in [7, 11) is 0. The van der Waals surface area contributed by atoms with Gasteiger partial charge in [-0.05, 0) is 23.6 Å². The topological polar surface area (TPSA) is 70.5 Å². The monoisotopic (exact) mass is 306 g/mol. The van der Waals surface area contributed by atoms with Crippen LogP contribution in [0.1, 0.15) is 19.4 Å². The fourth-order valence-corrected chi connectivity index (χ4v) is 3.72. The maximum atomic E-state index is 12.4. The number of rotatable bonds is 4. The van der Waals surface area contributed by atoms with Crippen LogP contribution in [0.3, 0.4) is 0 Å². The summed E-state index contributed by atoms with van der Waals surface area (Å²) in [4.78, 5) is 29.2. The summed E-state index contributed by atoms with van der Waals surface area (Å²) in [5.41, 5.74) is 0.811. The lowest BCUT2D eigenvalue weighted by Gasteiger charge is -2.28. The van der Waals surface area contributed by atoms with Gasteiger partial charge in [0.05, 0.1) is 5.37 Å². The first-order valence-corrected chi connectivity index (χ1v) is 7.80. The molecule has 5 nitrogen and oxygen atoms in total. The van der Waals surface area contributed by atoms with Gasteiger partial charge in [-0.25, -0.2) is 4.79 Å². The predicted molar refractivity (Wildman–Crippen MR) is 82.6 cm³/mol. The van der Waals surface area contributed by atoms with Gasteiger partial charge in [0.25, 0.3) is 0 Å². The molecule has 1 fully saturated rings. The molecule has 2 atom stereocenters. The van der Waals surface area contributed by atoms with Crippen LogP contribution < -0.4 is 0 Å². The Labute approximate surface area is 128 Å². The molecular formula is C15H18N2O3S. The molecule has 0 aliphatic carbocycles. The normalized spacial score (nSPS) is 22.1. The van der Waals surface area contributed by atoms with Gasteiger partial charge in [0, 0.05) is 24.2 Å². The van der Waals surface area contributed by atoms with Crippen LogP contribution in [0.15, 0.2) is 30.6 Å². The SMILES string of the molecule is CC(C)C1SCC(C(=O)O)N1C(=O)C=Cc1cccnc1. The number of amides is 1. The summed E-state index contributed by atoms with van der Waals surface area (Å²) < 4.78 is 0. The maximum Gasteiger partial charge on any atom is 0.327 e. The first kappa shape index (κ1) is 15.6. The number of carbonyl (C=O) groups is 2. The molecule has 0 bridgehead atoms. The van der Waals surface area contributed by atoms with Crippen molar-refractivity contribution in [3.63, 3.8) is 0 Å². The predicted octanol–water partition coefficient (Wildman–Crippen LogP) is 2.11. The minimum absolute atomic E-state index is 0.0999. The number of carboxylic acids is 1. The van der Waals surface area contributed by atoms with E-state index in [0.29, 0.717) is 5.75 Å². The Balaban J connectivity index is 2.17. The van der Waals surface area contributed by atoms with Gasteiger partial charge in [-0.1, -0.05) is 19.9 Å². The molecule has 0 radical (unpaired) electrons. The number of thioether (sulfide) groups is 1. The van der Waals surface area contributed by atoms with Crippen LogP contribution in [0.4, 0.5) is 0 Å². The van der Waals surface area contributed by atoms with E-state index in [1.165, 1.54) is 22.7 Å². The molecule has 1 aromatic rings. The molecule has 1 aliphatic heterocycles. The molecule has 6 heteroatoms. The second-order valence-corrected chi connectivity index (χ2v) is 6.34. The Morgan fingerprint density at radius 3 is 2.86 bits per heavy atom. The summed E-state index contributed by atoms with van der Waals surface area (Å²) in [6, 6.07) is 2.87. The lowest BCUT2D eigenvalue weighted by molar-refractivity contribution is -0.147. The van der Waals surface area contributed by atoms with Crippen LogP contribution in [0.2, 0.25) is 0 Å². The smallest absolute Gasteiger partial charge is 0.327 e. The van der Waals surface area contributed by atoms with Crippen LogP contribution in [0, 0.1) is 5.92 Å². The number of hydrogen-bond acceptors (Lipinski definition) is 4. The highest BCUT2D eigenvalue weighted by Gasteiger charge is 2.41. The van der Waals surface area contributed by atoms with E-state index < -0.39 is 12.0 Å². The number of hydrogen-bond donors (Lipinski definition) is 1. The van der Waals surface area contributed by atoms with E-state index in [1.54, 1.807) is 24.5 Å². The maximum absolute atomic E-state index is 12.4. The Morgan fingerprint density at radius 2 is 2.29 bits per heavy atom. The largest absolute Gasteiger partial charge is 0.480 e. The molecule has 0 aromatic carbocycles. The minimum Gasteiger partial charge on any atom is -0.480 e. The molecule has 2 heterocycles. The van der Waals surface area contributed by atoms with Crippen molar-refractivity contribution >= 4 is 29.7 Å². The minimum atomic E-state index is -0.950. The highest BCUT2D eigenvalue weighted by molar-refractivity contribution is 8.00. The van der Waals surface area contributed by atoms with Gasteiger partial charge in [0.15, 0.2) is 0 Å². The summed E-state index contributed by atoms with van der Waals surface area (Å²) in [5.74, 6) is -0.580. The zero-order valence-electron chi connectivity index (χ0n) is 12.0. The zero-order chi connectivity index (χ0) is 15.4. The Kier molecular flexibility index (Phi) is 5.01. The second kappa shape index (κ2) is 6.76. The van der Waals surface area contributed by atoms with Crippen LogP contribution in [0.5, 0.6) is 0 Å². The second-order valence-electron chi connectivity index (χ2n) is 5.19. The van der Waals surface area contributed by atoms with E-state index in [2.05, 4.69) is 4.98 Å². The lowest BCUT2D eigenvalue weighted by Crippen LogP contribution is -2.46. The molecule has 1 N–H and O–H groups in total. The molecule has 112 valence electrons. The molecule has 1 aliphatic rings. The molecule has 1 saturated heterocycles. The number of carbonyl (C=O) groups excluding carboxylic acids is 1. The van der Waals surface area contributed by atoms with Crippen LogP contribution in [-0.4, -0.2) is 44.0 Å². The number of pyridine rings is 1. The van der Waals surface area contributed by atoms with Crippen molar-refractivity contribution < 1.29 is 14.7 Å². The Hall–Kier alpha value is -1.82. The molecule has 0 spiro atoms. The van der Waals surface area contributed by atoms with E-state index >= 15 is 0 Å². The van der Waals surface area contributed by atoms with Crippen molar-refractivity contribution in [1.82, 2.24) is 9.88 Å². The third-order valence-electron chi connectivity index (χ3n) is 3.25. The Morgan fingerprint density at radius 1 is 1.52 bits per heavy atom. The molecule has 1 amide bonds. The average molecular weight is 306 g/mol. The van der Waals surface area contributed by atoms with Crippen molar-refractivity contribution in [2.45, 2.75) is 25.3 Å². The average Bonchev–Trinajstić information content (AvgIpc) is 2.91. The third-order valence-corrected chi connectivity index (χ3v) is 4.87. The van der Waals surface area contributed by atoms with E-state index in [1.807, 2.05) is 19.9 Å². The van der Waals surface area contributed by atoms with Gasteiger partial charge in [0.2, 0.25) is 5.91 Å². The van der Waals surface area contributed by atoms with Crippen LogP contribution in [-0.2, 0) is 9.59 Å². The highest BCUT2D eigenvalue weighted by atomic mass is 32.2. The molecule has 21 heavy (non-hydrogen) atoms. The fraction of sp³-hybridized carbons (Fsp3) is 0.400. The van der Waals surface area contributed by atoms with Crippen LogP contribution >= 0.6 is 11.8 Å². The number of aliphatic carboxylic acids is 1. The molecule has 2 rings (SSSR count). The van der Waals surface area contributed by atoms with Gasteiger partial charge < -0.3 is 10.0 Å². The third kappa shape index (κ3) is 3.64. The molecule has 1 aromatic heterocycles. The highest BCUT2D eigenvalue weighted by Crippen LogP contribution is 2.34. The molecular weight excluding hydrogens is 288 g/mol. The van der Waals surface area contributed by atoms with Crippen molar-refractivity contribution in [3.05, 3.63) is 36.2 Å². The first-order valence-electron chi connectivity index (χ1n) is 6.75. The van der Waals surface area contributed by atoms with Gasteiger partial charge in [-0.15, -0.1) is 11.8 Å². The van der Waals surface area contributed by atoms with Gasteiger partial charge in [-0.2, -0.15) is 0 Å². The first-order chi connectivity index (χ1) is 10.0. The van der Waals surface area contributed by atoms with Crippen molar-refractivity contribution in [1.29, 1.82) is 0 Å². The van der Waals surface area contributed by atoms with E-state index in [9.17, 15) is 14.7 Å². The van der Waals surface area contributed by atoms with Gasteiger partial charge in [0.1, 0.15) is 6.04 Å². The van der Waals surface area contributed by atoms with Gasteiger partial charge in [-0.3, -0.25) is 9.78 Å². The zero-order valence-corrected chi connectivity index (χ0v) is 12.8. The standard InChI is InChI=1S/C15H18N2O3S/c1-10(2)14-17(12(9-21-14)15(19)20)13(18)6-5-11-4-3-7-16-8-11/h3-8,10,12,14H,9H2,1-2H3,(H,19,20). The number of aromatic nitrogens is 1. The lowest BCUT2D eigenvalue weighted by atomic mass is 10.1. The van der Waals surface area contributed by atoms with Crippen LogP contribution in [0.25, 0.3) is 6.08 Å². The summed E-state index contributed by atoms with van der Waals surface area (Å²) >= 11 is 1.52. The van der Waals surface area contributed by atoms with E-state index in [4.69, 9.17) is 0 Å². The van der Waals surface area contributed by atoms with Crippen molar-refractivity contribution in [2.24, 2.45) is 5.92 Å². The summed E-state index contributed by atoms with van der Waals surface area (Å²) in [5, 5.41) is 9.18. The van der Waals surface area contributed by atoms with E-state index in [0.717, 1.165) is 5.56 Å². The van der Waals surface area contributed by atoms with E-state index in [-0.39, 0.29) is 17.2 Å². The molecule has 0 saturated carbocycles. The summed E-state index contributed by atoms with van der Waals surface area (Å²) in [6.07, 6.45) is 6.39. The summed E-state index contributed by atoms with van der Waals surface area (Å²) in [6.45, 7) is 3.99. The quantitative estimate of drug-likeness (QED) is 0.863. The fourth-order valence-electron chi connectivity index (χ4n) is 2.24.